The van der Waals surface area contributed by atoms with Gasteiger partial charge >= 0.3 is 0 Å². The van der Waals surface area contributed by atoms with Crippen LogP contribution in [-0.4, -0.2) is 58.0 Å². The van der Waals surface area contributed by atoms with Gasteiger partial charge in [0.2, 0.25) is 0 Å². The topological polar surface area (TPSA) is 41.4 Å². The maximum Gasteiger partial charge on any atom is 0.256 e. The van der Waals surface area contributed by atoms with Crippen LogP contribution >= 0.6 is 0 Å². The van der Waals surface area contributed by atoms with Crippen LogP contribution < -0.4 is 0 Å². The first kappa shape index (κ1) is 15.7. The Labute approximate surface area is 135 Å². The van der Waals surface area contributed by atoms with Crippen LogP contribution in [0.3, 0.4) is 0 Å². The van der Waals surface area contributed by atoms with Gasteiger partial charge in [0, 0.05) is 51.7 Å². The summed E-state index contributed by atoms with van der Waals surface area (Å²) in [7, 11) is 0. The van der Waals surface area contributed by atoms with Crippen molar-refractivity contribution < 1.29 is 9.18 Å². The number of aromatic nitrogens is 2. The number of piperazine rings is 1. The largest absolute Gasteiger partial charge is 0.336 e. The van der Waals surface area contributed by atoms with E-state index in [0.29, 0.717) is 13.1 Å². The van der Waals surface area contributed by atoms with E-state index in [-0.39, 0.29) is 11.5 Å². The number of imidazole rings is 1. The predicted molar refractivity (Wildman–Crippen MR) is 85.7 cm³/mol. The first-order valence-electron chi connectivity index (χ1n) is 7.89. The zero-order chi connectivity index (χ0) is 16.2. The second-order valence-corrected chi connectivity index (χ2v) is 5.78. The molecule has 122 valence electrons. The van der Waals surface area contributed by atoms with Crippen LogP contribution in [0.2, 0.25) is 0 Å². The first-order valence-corrected chi connectivity index (χ1v) is 7.89. The van der Waals surface area contributed by atoms with Gasteiger partial charge in [-0.3, -0.25) is 9.69 Å². The minimum absolute atomic E-state index is 0.162. The van der Waals surface area contributed by atoms with Crippen molar-refractivity contribution in [3.05, 3.63) is 53.9 Å². The fraction of sp³-hybridized carbons (Fsp3) is 0.412. The number of carbonyl (C=O) groups is 1. The van der Waals surface area contributed by atoms with E-state index in [1.165, 1.54) is 6.07 Å². The van der Waals surface area contributed by atoms with Crippen molar-refractivity contribution in [2.45, 2.75) is 13.5 Å². The zero-order valence-corrected chi connectivity index (χ0v) is 13.3. The Kier molecular flexibility index (Phi) is 4.71. The number of amides is 1. The molecule has 0 unspecified atom stereocenters. The molecule has 0 radical (unpaired) electrons. The summed E-state index contributed by atoms with van der Waals surface area (Å²) >= 11 is 0. The van der Waals surface area contributed by atoms with E-state index in [0.717, 1.165) is 32.0 Å². The third kappa shape index (κ3) is 3.59. The molecule has 1 aromatic carbocycles. The van der Waals surface area contributed by atoms with Crippen LogP contribution in [0, 0.1) is 12.7 Å². The third-order valence-corrected chi connectivity index (χ3v) is 4.34. The van der Waals surface area contributed by atoms with Crippen molar-refractivity contribution in [2.75, 3.05) is 32.7 Å². The number of aryl methyl sites for hydroxylation is 1. The van der Waals surface area contributed by atoms with E-state index in [1.54, 1.807) is 29.3 Å². The highest BCUT2D eigenvalue weighted by atomic mass is 19.1. The van der Waals surface area contributed by atoms with Crippen LogP contribution in [0.25, 0.3) is 0 Å². The van der Waals surface area contributed by atoms with Gasteiger partial charge in [0.05, 0.1) is 5.56 Å². The lowest BCUT2D eigenvalue weighted by Gasteiger charge is -2.34. The fourth-order valence-corrected chi connectivity index (χ4v) is 2.87. The summed E-state index contributed by atoms with van der Waals surface area (Å²) in [5, 5.41) is 0. The van der Waals surface area contributed by atoms with Gasteiger partial charge < -0.3 is 9.47 Å². The van der Waals surface area contributed by atoms with Crippen LogP contribution in [-0.2, 0) is 6.54 Å². The molecule has 23 heavy (non-hydrogen) atoms. The highest BCUT2D eigenvalue weighted by molar-refractivity contribution is 5.94. The number of nitrogens with zero attached hydrogens (tertiary/aromatic N) is 4. The van der Waals surface area contributed by atoms with Crippen molar-refractivity contribution in [1.29, 1.82) is 0 Å². The maximum atomic E-state index is 13.7. The lowest BCUT2D eigenvalue weighted by molar-refractivity contribution is 0.0628. The molecule has 0 bridgehead atoms. The smallest absolute Gasteiger partial charge is 0.256 e. The van der Waals surface area contributed by atoms with Crippen molar-refractivity contribution >= 4 is 5.91 Å². The summed E-state index contributed by atoms with van der Waals surface area (Å²) in [4.78, 5) is 20.6. The molecule has 0 aliphatic carbocycles. The number of halogens is 1. The molecule has 1 aliphatic rings. The molecule has 0 N–H and O–H groups in total. The average molecular weight is 316 g/mol. The van der Waals surface area contributed by atoms with E-state index >= 15 is 0 Å². The standard InChI is InChI=1S/C17H21FN4O/c1-14-19-6-7-21(14)11-8-20-9-12-22(13-10-20)17(23)15-4-2-3-5-16(15)18/h2-7H,8-13H2,1H3. The lowest BCUT2D eigenvalue weighted by Crippen LogP contribution is -2.49. The van der Waals surface area contributed by atoms with E-state index in [1.807, 2.05) is 13.1 Å². The van der Waals surface area contributed by atoms with Gasteiger partial charge in [-0.1, -0.05) is 12.1 Å². The van der Waals surface area contributed by atoms with E-state index < -0.39 is 5.82 Å². The first-order chi connectivity index (χ1) is 11.1. The summed E-state index contributed by atoms with van der Waals surface area (Å²) in [6.07, 6.45) is 3.79. The Morgan fingerprint density at radius 2 is 1.91 bits per heavy atom. The number of carbonyl (C=O) groups excluding carboxylic acids is 1. The van der Waals surface area contributed by atoms with Gasteiger partial charge in [0.1, 0.15) is 11.6 Å². The average Bonchev–Trinajstić information content (AvgIpc) is 2.98. The number of benzene rings is 1. The van der Waals surface area contributed by atoms with Crippen LogP contribution in [0.1, 0.15) is 16.2 Å². The molecule has 6 heteroatoms. The second kappa shape index (κ2) is 6.91. The van der Waals surface area contributed by atoms with Gasteiger partial charge in [-0.05, 0) is 19.1 Å². The van der Waals surface area contributed by atoms with E-state index in [2.05, 4.69) is 14.5 Å². The normalized spacial score (nSPS) is 15.8. The van der Waals surface area contributed by atoms with Gasteiger partial charge in [-0.2, -0.15) is 0 Å². The Bertz CT molecular complexity index is 677. The van der Waals surface area contributed by atoms with Crippen molar-refractivity contribution in [3.8, 4) is 0 Å². The number of hydrogen-bond donors (Lipinski definition) is 0. The summed E-state index contributed by atoms with van der Waals surface area (Å²) in [5.74, 6) is 0.349. The Morgan fingerprint density at radius 1 is 1.17 bits per heavy atom. The molecule has 1 aromatic heterocycles. The molecule has 0 spiro atoms. The van der Waals surface area contributed by atoms with Crippen LogP contribution in [0.4, 0.5) is 4.39 Å². The SMILES string of the molecule is Cc1nccn1CCN1CCN(C(=O)c2ccccc2F)CC1. The second-order valence-electron chi connectivity index (χ2n) is 5.78. The summed E-state index contributed by atoms with van der Waals surface area (Å²) in [5.41, 5.74) is 0.162. The van der Waals surface area contributed by atoms with Crippen molar-refractivity contribution in [2.24, 2.45) is 0 Å². The highest BCUT2D eigenvalue weighted by Crippen LogP contribution is 2.12. The van der Waals surface area contributed by atoms with Gasteiger partial charge in [-0.25, -0.2) is 9.37 Å². The number of hydrogen-bond acceptors (Lipinski definition) is 3. The Morgan fingerprint density at radius 3 is 2.57 bits per heavy atom. The van der Waals surface area contributed by atoms with E-state index in [9.17, 15) is 9.18 Å². The molecular formula is C17H21FN4O. The third-order valence-electron chi connectivity index (χ3n) is 4.34. The maximum absolute atomic E-state index is 13.7. The molecule has 1 saturated heterocycles. The lowest BCUT2D eigenvalue weighted by atomic mass is 10.1. The molecule has 2 heterocycles. The summed E-state index contributed by atoms with van der Waals surface area (Å²) in [6.45, 7) is 6.71. The molecule has 1 amide bonds. The predicted octanol–water partition coefficient (Wildman–Crippen LogP) is 1.79. The van der Waals surface area contributed by atoms with Gasteiger partial charge in [0.25, 0.3) is 5.91 Å². The molecule has 0 atom stereocenters. The molecule has 0 saturated carbocycles. The molecule has 5 nitrogen and oxygen atoms in total. The van der Waals surface area contributed by atoms with Gasteiger partial charge in [0.15, 0.2) is 0 Å². The Hall–Kier alpha value is -2.21. The van der Waals surface area contributed by atoms with E-state index in [4.69, 9.17) is 0 Å². The molecular weight excluding hydrogens is 295 g/mol. The zero-order valence-electron chi connectivity index (χ0n) is 13.3. The minimum Gasteiger partial charge on any atom is -0.336 e. The minimum atomic E-state index is -0.449. The molecule has 1 aliphatic heterocycles. The molecule has 1 fully saturated rings. The van der Waals surface area contributed by atoms with Gasteiger partial charge in [-0.15, -0.1) is 0 Å². The molecule has 2 aromatic rings. The van der Waals surface area contributed by atoms with Crippen molar-refractivity contribution in [1.82, 2.24) is 19.4 Å². The summed E-state index contributed by atoms with van der Waals surface area (Å²) in [6, 6.07) is 6.17. The fourth-order valence-electron chi connectivity index (χ4n) is 2.87. The Balaban J connectivity index is 1.51. The summed E-state index contributed by atoms with van der Waals surface area (Å²) < 4.78 is 15.8. The van der Waals surface area contributed by atoms with Crippen LogP contribution in [0.5, 0.6) is 0 Å². The highest BCUT2D eigenvalue weighted by Gasteiger charge is 2.23. The molecule has 3 rings (SSSR count). The number of rotatable bonds is 4. The quantitative estimate of drug-likeness (QED) is 0.863. The van der Waals surface area contributed by atoms with Crippen LogP contribution in [0.15, 0.2) is 36.7 Å². The van der Waals surface area contributed by atoms with Crippen molar-refractivity contribution in [3.63, 3.8) is 0 Å². The monoisotopic (exact) mass is 316 g/mol.